The highest BCUT2D eigenvalue weighted by molar-refractivity contribution is 5.17. The van der Waals surface area contributed by atoms with Gasteiger partial charge in [-0.25, -0.2) is 0 Å². The highest BCUT2D eigenvalue weighted by atomic mass is 16.3. The Morgan fingerprint density at radius 1 is 1.19 bits per heavy atom. The first-order chi connectivity index (χ1) is 7.86. The van der Waals surface area contributed by atoms with Gasteiger partial charge in [0.1, 0.15) is 0 Å². The molecule has 1 atom stereocenters. The summed E-state index contributed by atoms with van der Waals surface area (Å²) in [5.41, 5.74) is 1.05. The third kappa shape index (κ3) is 3.32. The van der Waals surface area contributed by atoms with E-state index in [4.69, 9.17) is 0 Å². The van der Waals surface area contributed by atoms with Gasteiger partial charge >= 0.3 is 0 Å². The van der Waals surface area contributed by atoms with Crippen LogP contribution in [0.2, 0.25) is 0 Å². The zero-order valence-corrected chi connectivity index (χ0v) is 9.73. The van der Waals surface area contributed by atoms with Gasteiger partial charge in [-0.1, -0.05) is 30.3 Å². The first-order valence-electron chi connectivity index (χ1n) is 6.30. The molecule has 1 aromatic rings. The average Bonchev–Trinajstić information content (AvgIpc) is 2.38. The van der Waals surface area contributed by atoms with Gasteiger partial charge in [0.15, 0.2) is 0 Å². The van der Waals surface area contributed by atoms with Gasteiger partial charge in [0, 0.05) is 0 Å². The van der Waals surface area contributed by atoms with Crippen molar-refractivity contribution in [1.29, 1.82) is 0 Å². The van der Waals surface area contributed by atoms with Gasteiger partial charge in [0.25, 0.3) is 0 Å². The smallest absolute Gasteiger partial charge is 0.0790 e. The minimum Gasteiger partial charge on any atom is -0.388 e. The molecule has 0 amide bonds. The summed E-state index contributed by atoms with van der Waals surface area (Å²) in [6.45, 7) is 2.29. The molecule has 1 aliphatic heterocycles. The fraction of sp³-hybridized carbons (Fsp3) is 0.571. The molecule has 88 valence electrons. The predicted molar refractivity (Wildman–Crippen MR) is 66.2 cm³/mol. The summed E-state index contributed by atoms with van der Waals surface area (Å²) < 4.78 is 0. The molecule has 1 unspecified atom stereocenters. The molecule has 2 rings (SSSR count). The SMILES string of the molecule is OC(CCC1CCNCC1)c1ccccc1. The molecule has 1 aromatic carbocycles. The van der Waals surface area contributed by atoms with Crippen molar-refractivity contribution in [2.45, 2.75) is 31.8 Å². The minimum atomic E-state index is -0.281. The molecule has 1 fully saturated rings. The Kier molecular flexibility index (Phi) is 4.37. The summed E-state index contributed by atoms with van der Waals surface area (Å²) >= 11 is 0. The molecule has 0 spiro atoms. The topological polar surface area (TPSA) is 32.3 Å². The number of aliphatic hydroxyl groups excluding tert-OH is 1. The van der Waals surface area contributed by atoms with Crippen molar-refractivity contribution in [1.82, 2.24) is 5.32 Å². The van der Waals surface area contributed by atoms with Crippen LogP contribution in [0.3, 0.4) is 0 Å². The van der Waals surface area contributed by atoms with Crippen LogP contribution in [0.25, 0.3) is 0 Å². The number of nitrogens with one attached hydrogen (secondary N) is 1. The first kappa shape index (κ1) is 11.6. The molecule has 0 bridgehead atoms. The van der Waals surface area contributed by atoms with Crippen LogP contribution in [0, 0.1) is 5.92 Å². The van der Waals surface area contributed by atoms with Gasteiger partial charge in [0.05, 0.1) is 6.10 Å². The molecule has 16 heavy (non-hydrogen) atoms. The highest BCUT2D eigenvalue weighted by Crippen LogP contribution is 2.24. The highest BCUT2D eigenvalue weighted by Gasteiger charge is 2.15. The van der Waals surface area contributed by atoms with Crippen molar-refractivity contribution in [3.63, 3.8) is 0 Å². The summed E-state index contributed by atoms with van der Waals surface area (Å²) in [6, 6.07) is 9.98. The van der Waals surface area contributed by atoms with Crippen LogP contribution in [0.5, 0.6) is 0 Å². The van der Waals surface area contributed by atoms with E-state index in [1.54, 1.807) is 0 Å². The lowest BCUT2D eigenvalue weighted by atomic mass is 9.91. The lowest BCUT2D eigenvalue weighted by molar-refractivity contribution is 0.152. The van der Waals surface area contributed by atoms with Crippen molar-refractivity contribution in [2.24, 2.45) is 5.92 Å². The number of hydrogen-bond acceptors (Lipinski definition) is 2. The summed E-state index contributed by atoms with van der Waals surface area (Å²) in [5, 5.41) is 13.4. The van der Waals surface area contributed by atoms with Crippen molar-refractivity contribution in [3.8, 4) is 0 Å². The molecule has 2 heteroatoms. The van der Waals surface area contributed by atoms with Gasteiger partial charge in [-0.05, 0) is 50.3 Å². The molecule has 0 radical (unpaired) electrons. The zero-order chi connectivity index (χ0) is 11.2. The fourth-order valence-corrected chi connectivity index (χ4v) is 2.41. The van der Waals surface area contributed by atoms with Crippen molar-refractivity contribution < 1.29 is 5.11 Å². The normalized spacial score (nSPS) is 19.6. The molecular weight excluding hydrogens is 198 g/mol. The van der Waals surface area contributed by atoms with E-state index in [2.05, 4.69) is 5.32 Å². The van der Waals surface area contributed by atoms with Crippen LogP contribution in [-0.4, -0.2) is 18.2 Å². The molecule has 0 aliphatic carbocycles. The minimum absolute atomic E-state index is 0.281. The second-order valence-electron chi connectivity index (χ2n) is 4.70. The summed E-state index contributed by atoms with van der Waals surface area (Å²) in [4.78, 5) is 0. The maximum atomic E-state index is 10.0. The van der Waals surface area contributed by atoms with E-state index < -0.39 is 0 Å². The third-order valence-electron chi connectivity index (χ3n) is 3.49. The van der Waals surface area contributed by atoms with Gasteiger partial charge in [0.2, 0.25) is 0 Å². The maximum Gasteiger partial charge on any atom is 0.0790 e. The predicted octanol–water partition coefficient (Wildman–Crippen LogP) is 2.50. The van der Waals surface area contributed by atoms with Crippen LogP contribution in [0.15, 0.2) is 30.3 Å². The fourth-order valence-electron chi connectivity index (χ4n) is 2.41. The molecule has 0 aromatic heterocycles. The first-order valence-corrected chi connectivity index (χ1v) is 6.30. The van der Waals surface area contributed by atoms with Crippen LogP contribution in [-0.2, 0) is 0 Å². The molecule has 0 saturated carbocycles. The standard InChI is InChI=1S/C14H21NO/c16-14(13-4-2-1-3-5-13)7-6-12-8-10-15-11-9-12/h1-5,12,14-16H,6-11H2. The number of benzene rings is 1. The molecule has 1 heterocycles. The Balaban J connectivity index is 1.77. The number of piperidine rings is 1. The van der Waals surface area contributed by atoms with Crippen LogP contribution in [0.1, 0.15) is 37.4 Å². The average molecular weight is 219 g/mol. The Hall–Kier alpha value is -0.860. The van der Waals surface area contributed by atoms with Gasteiger partial charge in [-0.15, -0.1) is 0 Å². The van der Waals surface area contributed by atoms with E-state index in [0.29, 0.717) is 0 Å². The van der Waals surface area contributed by atoms with E-state index in [1.807, 2.05) is 30.3 Å². The molecule has 1 aliphatic rings. The molecule has 1 saturated heterocycles. The van der Waals surface area contributed by atoms with E-state index >= 15 is 0 Å². The second kappa shape index (κ2) is 6.02. The lowest BCUT2D eigenvalue weighted by Gasteiger charge is -2.23. The van der Waals surface area contributed by atoms with Crippen LogP contribution >= 0.6 is 0 Å². The lowest BCUT2D eigenvalue weighted by Crippen LogP contribution is -2.27. The Morgan fingerprint density at radius 3 is 2.56 bits per heavy atom. The zero-order valence-electron chi connectivity index (χ0n) is 9.73. The van der Waals surface area contributed by atoms with E-state index in [0.717, 1.165) is 37.4 Å². The number of rotatable bonds is 4. The quantitative estimate of drug-likeness (QED) is 0.815. The van der Waals surface area contributed by atoms with Gasteiger partial charge < -0.3 is 10.4 Å². The Morgan fingerprint density at radius 2 is 1.88 bits per heavy atom. The third-order valence-corrected chi connectivity index (χ3v) is 3.49. The Labute approximate surface area is 97.7 Å². The molecular formula is C14H21NO. The molecule has 2 nitrogen and oxygen atoms in total. The van der Waals surface area contributed by atoms with Crippen LogP contribution in [0.4, 0.5) is 0 Å². The van der Waals surface area contributed by atoms with Crippen molar-refractivity contribution in [2.75, 3.05) is 13.1 Å². The number of aliphatic hydroxyl groups is 1. The van der Waals surface area contributed by atoms with Gasteiger partial charge in [-0.2, -0.15) is 0 Å². The van der Waals surface area contributed by atoms with Crippen molar-refractivity contribution >= 4 is 0 Å². The monoisotopic (exact) mass is 219 g/mol. The summed E-state index contributed by atoms with van der Waals surface area (Å²) in [5.74, 6) is 0.805. The second-order valence-corrected chi connectivity index (χ2v) is 4.70. The van der Waals surface area contributed by atoms with Crippen LogP contribution < -0.4 is 5.32 Å². The Bertz CT molecular complexity index is 293. The van der Waals surface area contributed by atoms with Gasteiger partial charge in [-0.3, -0.25) is 0 Å². The number of hydrogen-bond donors (Lipinski definition) is 2. The van der Waals surface area contributed by atoms with E-state index in [1.165, 1.54) is 12.8 Å². The summed E-state index contributed by atoms with van der Waals surface area (Å²) in [7, 11) is 0. The maximum absolute atomic E-state index is 10.0. The summed E-state index contributed by atoms with van der Waals surface area (Å²) in [6.07, 6.45) is 4.30. The molecule has 2 N–H and O–H groups in total. The van der Waals surface area contributed by atoms with Crippen molar-refractivity contribution in [3.05, 3.63) is 35.9 Å². The van der Waals surface area contributed by atoms with E-state index in [9.17, 15) is 5.11 Å². The largest absolute Gasteiger partial charge is 0.388 e. The van der Waals surface area contributed by atoms with E-state index in [-0.39, 0.29) is 6.10 Å².